The smallest absolute Gasteiger partial charge is 0.221 e. The van der Waals surface area contributed by atoms with E-state index in [1.54, 1.807) is 6.07 Å². The van der Waals surface area contributed by atoms with Gasteiger partial charge in [-0.3, -0.25) is 4.79 Å². The van der Waals surface area contributed by atoms with Crippen LogP contribution in [0.15, 0.2) is 18.2 Å². The molecule has 0 fully saturated rings. The number of carbonyl (C=O) groups is 1. The highest BCUT2D eigenvalue weighted by Gasteiger charge is 2.04. The predicted octanol–water partition coefficient (Wildman–Crippen LogP) is 2.77. The van der Waals surface area contributed by atoms with Crippen LogP contribution in [0.25, 0.3) is 0 Å². The first-order chi connectivity index (χ1) is 7.63. The fraction of sp³-hybridized carbons (Fsp3) is 0.364. The second-order valence-corrected chi connectivity index (χ2v) is 4.09. The van der Waals surface area contributed by atoms with Crippen molar-refractivity contribution in [2.75, 3.05) is 12.4 Å². The molecule has 0 aliphatic carbocycles. The van der Waals surface area contributed by atoms with Gasteiger partial charge in [-0.2, -0.15) is 0 Å². The van der Waals surface area contributed by atoms with Gasteiger partial charge in [-0.15, -0.1) is 11.6 Å². The summed E-state index contributed by atoms with van der Waals surface area (Å²) in [5.74, 6) is -0.148. The Morgan fingerprint density at radius 3 is 2.88 bits per heavy atom. The van der Waals surface area contributed by atoms with Crippen molar-refractivity contribution in [1.29, 1.82) is 0 Å². The predicted molar refractivity (Wildman–Crippen MR) is 63.5 cm³/mol. The van der Waals surface area contributed by atoms with Crippen LogP contribution in [0.5, 0.6) is 0 Å². The number of rotatable bonds is 5. The molecule has 1 rings (SSSR count). The van der Waals surface area contributed by atoms with Crippen LogP contribution in [0.2, 0.25) is 5.02 Å². The second kappa shape index (κ2) is 6.71. The average molecular weight is 264 g/mol. The highest BCUT2D eigenvalue weighted by atomic mass is 35.5. The van der Waals surface area contributed by atoms with Crippen LogP contribution in [0.1, 0.15) is 12.0 Å². The van der Waals surface area contributed by atoms with E-state index in [-0.39, 0.29) is 24.0 Å². The Morgan fingerprint density at radius 1 is 1.44 bits per heavy atom. The first kappa shape index (κ1) is 13.3. The summed E-state index contributed by atoms with van der Waals surface area (Å²) in [6, 6.07) is 4.37. The summed E-state index contributed by atoms with van der Waals surface area (Å²) in [5.41, 5.74) is 0.499. The topological polar surface area (TPSA) is 29.1 Å². The summed E-state index contributed by atoms with van der Waals surface area (Å²) in [6.07, 6.45) is 0.694. The van der Waals surface area contributed by atoms with E-state index >= 15 is 0 Å². The number of hydrogen-bond donors (Lipinski definition) is 1. The van der Waals surface area contributed by atoms with Crippen molar-refractivity contribution >= 4 is 29.1 Å². The molecule has 2 nitrogen and oxygen atoms in total. The van der Waals surface area contributed by atoms with Crippen LogP contribution in [0.4, 0.5) is 4.39 Å². The summed E-state index contributed by atoms with van der Waals surface area (Å²) in [7, 11) is 0. The van der Waals surface area contributed by atoms with Gasteiger partial charge in [-0.25, -0.2) is 4.39 Å². The van der Waals surface area contributed by atoms with E-state index in [4.69, 9.17) is 23.2 Å². The van der Waals surface area contributed by atoms with Gasteiger partial charge in [-0.05, 0) is 30.2 Å². The lowest BCUT2D eigenvalue weighted by Gasteiger charge is -2.05. The first-order valence-electron chi connectivity index (χ1n) is 4.90. The van der Waals surface area contributed by atoms with Crippen molar-refractivity contribution in [3.8, 4) is 0 Å². The van der Waals surface area contributed by atoms with Crippen LogP contribution in [-0.2, 0) is 11.2 Å². The van der Waals surface area contributed by atoms with Gasteiger partial charge in [0.1, 0.15) is 5.82 Å². The number of carbonyl (C=O) groups excluding carboxylic acids is 1. The van der Waals surface area contributed by atoms with Crippen LogP contribution < -0.4 is 5.32 Å². The van der Waals surface area contributed by atoms with E-state index in [0.29, 0.717) is 23.6 Å². The maximum atomic E-state index is 13.2. The van der Waals surface area contributed by atoms with Crippen LogP contribution in [-0.4, -0.2) is 18.3 Å². The van der Waals surface area contributed by atoms with Crippen molar-refractivity contribution in [3.05, 3.63) is 34.6 Å². The van der Waals surface area contributed by atoms with E-state index in [0.717, 1.165) is 0 Å². The fourth-order valence-corrected chi connectivity index (χ4v) is 1.61. The van der Waals surface area contributed by atoms with Gasteiger partial charge in [0.25, 0.3) is 0 Å². The van der Waals surface area contributed by atoms with Gasteiger partial charge >= 0.3 is 0 Å². The maximum Gasteiger partial charge on any atom is 0.221 e. The lowest BCUT2D eigenvalue weighted by molar-refractivity contribution is -0.120. The molecule has 5 heteroatoms. The van der Waals surface area contributed by atoms with Crippen molar-refractivity contribution < 1.29 is 9.18 Å². The molecular formula is C11H12Cl2FNO. The number of nitrogens with one attached hydrogen (secondary N) is 1. The Hall–Kier alpha value is -0.800. The summed E-state index contributed by atoms with van der Waals surface area (Å²) in [4.78, 5) is 11.1. The lowest BCUT2D eigenvalue weighted by Crippen LogP contribution is -2.25. The van der Waals surface area contributed by atoms with Gasteiger partial charge in [-0.1, -0.05) is 11.6 Å². The van der Waals surface area contributed by atoms with E-state index < -0.39 is 0 Å². The fourth-order valence-electron chi connectivity index (χ4n) is 1.25. The summed E-state index contributed by atoms with van der Waals surface area (Å²) >= 11 is 11.1. The molecule has 1 amide bonds. The van der Waals surface area contributed by atoms with E-state index in [2.05, 4.69) is 5.32 Å². The minimum Gasteiger partial charge on any atom is -0.356 e. The number of halogens is 3. The third-order valence-electron chi connectivity index (χ3n) is 2.05. The molecule has 0 atom stereocenters. The molecule has 1 N–H and O–H groups in total. The molecular weight excluding hydrogens is 252 g/mol. The quantitative estimate of drug-likeness (QED) is 0.814. The van der Waals surface area contributed by atoms with Gasteiger partial charge in [0.2, 0.25) is 5.91 Å². The molecule has 0 radical (unpaired) electrons. The highest BCUT2D eigenvalue weighted by molar-refractivity contribution is 6.30. The number of benzene rings is 1. The Morgan fingerprint density at radius 2 is 2.19 bits per heavy atom. The third-order valence-corrected chi connectivity index (χ3v) is 2.47. The molecule has 0 aromatic heterocycles. The highest BCUT2D eigenvalue weighted by Crippen LogP contribution is 2.14. The monoisotopic (exact) mass is 263 g/mol. The largest absolute Gasteiger partial charge is 0.356 e. The van der Waals surface area contributed by atoms with E-state index in [1.807, 2.05) is 0 Å². The zero-order chi connectivity index (χ0) is 12.0. The summed E-state index contributed by atoms with van der Waals surface area (Å²) in [6.45, 7) is 0.382. The molecule has 1 aromatic carbocycles. The van der Waals surface area contributed by atoms with E-state index in [9.17, 15) is 9.18 Å². The van der Waals surface area contributed by atoms with Gasteiger partial charge in [0.15, 0.2) is 0 Å². The number of hydrogen-bond acceptors (Lipinski definition) is 1. The van der Waals surface area contributed by atoms with Crippen LogP contribution >= 0.6 is 23.2 Å². The molecule has 16 heavy (non-hydrogen) atoms. The van der Waals surface area contributed by atoms with Gasteiger partial charge < -0.3 is 5.32 Å². The minimum absolute atomic E-state index is 0.127. The van der Waals surface area contributed by atoms with E-state index in [1.165, 1.54) is 12.1 Å². The van der Waals surface area contributed by atoms with Crippen molar-refractivity contribution in [2.45, 2.75) is 12.8 Å². The molecule has 0 saturated carbocycles. The van der Waals surface area contributed by atoms with Crippen LogP contribution in [0, 0.1) is 5.82 Å². The molecule has 0 heterocycles. The SMILES string of the molecule is O=C(CCCl)NCCc1cc(Cl)ccc1F. The minimum atomic E-state index is -0.309. The molecule has 0 saturated heterocycles. The zero-order valence-electron chi connectivity index (χ0n) is 8.60. The third kappa shape index (κ3) is 4.37. The van der Waals surface area contributed by atoms with Crippen molar-refractivity contribution in [1.82, 2.24) is 5.32 Å². The Bertz CT molecular complexity index is 371. The van der Waals surface area contributed by atoms with Crippen LogP contribution in [0.3, 0.4) is 0 Å². The summed E-state index contributed by atoms with van der Waals surface area (Å²) < 4.78 is 13.2. The Kier molecular flexibility index (Phi) is 5.56. The molecule has 0 aliphatic rings. The zero-order valence-corrected chi connectivity index (χ0v) is 10.1. The number of amides is 1. The van der Waals surface area contributed by atoms with Crippen molar-refractivity contribution in [3.63, 3.8) is 0 Å². The van der Waals surface area contributed by atoms with Gasteiger partial charge in [0.05, 0.1) is 0 Å². The summed E-state index contributed by atoms with van der Waals surface area (Å²) in [5, 5.41) is 3.13. The van der Waals surface area contributed by atoms with Gasteiger partial charge in [0, 0.05) is 23.9 Å². The van der Waals surface area contributed by atoms with Crippen molar-refractivity contribution in [2.24, 2.45) is 0 Å². The normalized spacial score (nSPS) is 10.2. The number of alkyl halides is 1. The second-order valence-electron chi connectivity index (χ2n) is 3.27. The Balaban J connectivity index is 2.42. The molecule has 0 spiro atoms. The Labute approximate surface area is 104 Å². The lowest BCUT2D eigenvalue weighted by atomic mass is 10.1. The molecule has 1 aromatic rings. The molecule has 0 bridgehead atoms. The molecule has 0 aliphatic heterocycles. The average Bonchev–Trinajstić information content (AvgIpc) is 2.23. The molecule has 0 unspecified atom stereocenters. The maximum absolute atomic E-state index is 13.2. The standard InChI is InChI=1S/C11H12Cl2FNO/c12-5-3-11(16)15-6-4-8-7-9(13)1-2-10(8)14/h1-2,7H,3-6H2,(H,15,16). The molecule has 88 valence electrons. The first-order valence-corrected chi connectivity index (χ1v) is 5.81.